The summed E-state index contributed by atoms with van der Waals surface area (Å²) in [7, 11) is 0. The van der Waals surface area contributed by atoms with Gasteiger partial charge in [-0.05, 0) is 48.5 Å². The summed E-state index contributed by atoms with van der Waals surface area (Å²) in [4.78, 5) is 20.6. The summed E-state index contributed by atoms with van der Waals surface area (Å²) in [6.07, 6.45) is 1.69. The van der Waals surface area contributed by atoms with Crippen LogP contribution in [-0.4, -0.2) is 21.0 Å². The largest absolute Gasteiger partial charge is 0.369 e. The Morgan fingerprint density at radius 3 is 2.21 bits per heavy atom. The second-order valence-electron chi connectivity index (χ2n) is 7.30. The average molecular weight is 453 g/mol. The number of aliphatic hydroxyl groups is 1. The Kier molecular flexibility index (Phi) is 7.12. The van der Waals surface area contributed by atoms with E-state index < -0.39 is 6.23 Å². The number of aliphatic hydroxyl groups excluding tert-OH is 1. The highest BCUT2D eigenvalue weighted by Gasteiger charge is 2.16. The van der Waals surface area contributed by atoms with Gasteiger partial charge in [-0.3, -0.25) is 4.79 Å². The maximum absolute atomic E-state index is 11.7. The molecule has 0 aliphatic carbocycles. The number of carbonyl (C=O) groups is 1. The molecule has 8 heteroatoms. The van der Waals surface area contributed by atoms with Crippen molar-refractivity contribution < 1.29 is 9.90 Å². The number of carbonyl (C=O) groups excluding carboxylic acids is 1. The molecule has 1 heterocycles. The van der Waals surface area contributed by atoms with Crippen LogP contribution in [-0.2, 0) is 4.79 Å². The highest BCUT2D eigenvalue weighted by molar-refractivity contribution is 5.99. The molecule has 0 saturated heterocycles. The molecule has 1 amide bonds. The van der Waals surface area contributed by atoms with Gasteiger partial charge in [0.25, 0.3) is 0 Å². The van der Waals surface area contributed by atoms with Crippen molar-refractivity contribution in [2.24, 2.45) is 0 Å². The van der Waals surface area contributed by atoms with Gasteiger partial charge in [-0.15, -0.1) is 0 Å². The lowest BCUT2D eigenvalue weighted by Gasteiger charge is -2.19. The van der Waals surface area contributed by atoms with Gasteiger partial charge in [-0.25, -0.2) is 4.98 Å². The lowest BCUT2D eigenvalue weighted by atomic mass is 10.2. The Bertz CT molecular complexity index is 1260. The van der Waals surface area contributed by atoms with Gasteiger partial charge >= 0.3 is 0 Å². The molecule has 0 bridgehead atoms. The maximum Gasteiger partial charge on any atom is 0.247 e. The first-order valence-electron chi connectivity index (χ1n) is 10.6. The molecule has 0 saturated carbocycles. The number of aromatic nitrogens is 2. The topological polar surface area (TPSA) is 111 Å². The van der Waals surface area contributed by atoms with E-state index >= 15 is 0 Å². The molecule has 5 N–H and O–H groups in total. The fraction of sp³-hybridized carbons (Fsp3) is 0.0385. The van der Waals surface area contributed by atoms with Gasteiger partial charge in [0.05, 0.1) is 5.56 Å². The fourth-order valence-electron chi connectivity index (χ4n) is 3.18. The molecule has 0 spiro atoms. The quantitative estimate of drug-likeness (QED) is 0.175. The summed E-state index contributed by atoms with van der Waals surface area (Å²) in [5, 5.41) is 23.1. The van der Waals surface area contributed by atoms with Crippen molar-refractivity contribution in [2.45, 2.75) is 6.23 Å². The first-order valence-corrected chi connectivity index (χ1v) is 10.6. The third-order valence-electron chi connectivity index (χ3n) is 4.80. The molecular formula is C26H24N6O2. The molecule has 0 aliphatic heterocycles. The average Bonchev–Trinajstić information content (AvgIpc) is 2.85. The van der Waals surface area contributed by atoms with E-state index in [0.29, 0.717) is 28.7 Å². The van der Waals surface area contributed by atoms with Crippen LogP contribution in [0.15, 0.2) is 104 Å². The van der Waals surface area contributed by atoms with Crippen molar-refractivity contribution in [2.75, 3.05) is 21.3 Å². The number of hydrogen-bond donors (Lipinski definition) is 5. The minimum Gasteiger partial charge on any atom is -0.369 e. The summed E-state index contributed by atoms with van der Waals surface area (Å²) in [5.41, 5.74) is 3.29. The molecule has 0 aliphatic rings. The van der Waals surface area contributed by atoms with Gasteiger partial charge in [-0.2, -0.15) is 4.98 Å². The van der Waals surface area contributed by atoms with Gasteiger partial charge in [0.1, 0.15) is 5.82 Å². The Balaban J connectivity index is 1.64. The molecule has 1 unspecified atom stereocenters. The number of benzene rings is 3. The van der Waals surface area contributed by atoms with E-state index in [-0.39, 0.29) is 5.91 Å². The number of nitrogens with one attached hydrogen (secondary N) is 4. The van der Waals surface area contributed by atoms with E-state index in [0.717, 1.165) is 11.4 Å². The van der Waals surface area contributed by atoms with E-state index in [1.165, 1.54) is 6.08 Å². The van der Waals surface area contributed by atoms with Crippen molar-refractivity contribution in [1.82, 2.24) is 9.97 Å². The molecule has 170 valence electrons. The van der Waals surface area contributed by atoms with E-state index in [1.807, 2.05) is 66.7 Å². The summed E-state index contributed by atoms with van der Waals surface area (Å²) in [6.45, 7) is 3.47. The number of rotatable bonds is 9. The minimum absolute atomic E-state index is 0.309. The van der Waals surface area contributed by atoms with Crippen LogP contribution in [0, 0.1) is 0 Å². The van der Waals surface area contributed by atoms with Gasteiger partial charge in [0.2, 0.25) is 11.9 Å². The summed E-state index contributed by atoms with van der Waals surface area (Å²) < 4.78 is 0. The number of amides is 1. The predicted molar refractivity (Wildman–Crippen MR) is 135 cm³/mol. The molecule has 0 fully saturated rings. The molecule has 3 aromatic carbocycles. The highest BCUT2D eigenvalue weighted by atomic mass is 16.3. The maximum atomic E-state index is 11.7. The minimum atomic E-state index is -1.07. The van der Waals surface area contributed by atoms with Crippen LogP contribution in [0.25, 0.3) is 0 Å². The number of para-hydroxylation sites is 2. The second-order valence-corrected chi connectivity index (χ2v) is 7.30. The van der Waals surface area contributed by atoms with E-state index in [4.69, 9.17) is 0 Å². The number of nitrogens with zero attached hydrogens (tertiary/aromatic N) is 2. The van der Waals surface area contributed by atoms with Gasteiger partial charge < -0.3 is 26.4 Å². The van der Waals surface area contributed by atoms with Gasteiger partial charge in [0, 0.05) is 28.9 Å². The van der Waals surface area contributed by atoms with Crippen LogP contribution in [0.2, 0.25) is 0 Å². The second kappa shape index (κ2) is 10.8. The molecule has 4 rings (SSSR count). The van der Waals surface area contributed by atoms with Crippen LogP contribution < -0.4 is 21.3 Å². The SMILES string of the molecule is C=CC(=O)Nc1cccc(Nc2nc(Nc3ccccc3)ncc2C(O)Nc2ccccc2)c1. The predicted octanol–water partition coefficient (Wildman–Crippen LogP) is 5.19. The van der Waals surface area contributed by atoms with Crippen molar-refractivity contribution in [1.29, 1.82) is 0 Å². The van der Waals surface area contributed by atoms with Crippen molar-refractivity contribution in [3.8, 4) is 0 Å². The Morgan fingerprint density at radius 1 is 0.853 bits per heavy atom. The zero-order valence-electron chi connectivity index (χ0n) is 18.3. The van der Waals surface area contributed by atoms with Crippen LogP contribution in [0.5, 0.6) is 0 Å². The third kappa shape index (κ3) is 5.96. The van der Waals surface area contributed by atoms with Crippen LogP contribution >= 0.6 is 0 Å². The van der Waals surface area contributed by atoms with Crippen LogP contribution in [0.1, 0.15) is 11.8 Å². The Hall–Kier alpha value is -4.69. The summed E-state index contributed by atoms with van der Waals surface area (Å²) >= 11 is 0. The first-order chi connectivity index (χ1) is 16.6. The molecule has 1 atom stereocenters. The third-order valence-corrected chi connectivity index (χ3v) is 4.80. The summed E-state index contributed by atoms with van der Waals surface area (Å²) in [6, 6.07) is 26.1. The molecule has 8 nitrogen and oxygen atoms in total. The Labute approximate surface area is 197 Å². The number of hydrogen-bond acceptors (Lipinski definition) is 7. The van der Waals surface area contributed by atoms with Crippen molar-refractivity contribution >= 4 is 40.4 Å². The van der Waals surface area contributed by atoms with Crippen LogP contribution in [0.3, 0.4) is 0 Å². The molecular weight excluding hydrogens is 428 g/mol. The molecule has 4 aromatic rings. The summed E-state index contributed by atoms with van der Waals surface area (Å²) in [5.74, 6) is 0.453. The van der Waals surface area contributed by atoms with Crippen LogP contribution in [0.4, 0.5) is 34.5 Å². The van der Waals surface area contributed by atoms with E-state index in [1.54, 1.807) is 24.4 Å². The fourth-order valence-corrected chi connectivity index (χ4v) is 3.18. The lowest BCUT2D eigenvalue weighted by molar-refractivity contribution is -0.111. The zero-order chi connectivity index (χ0) is 23.8. The standard InChI is InChI=1S/C26H24N6O2/c1-2-23(33)28-20-14-9-15-21(16-20)29-24-22(25(34)30-18-10-5-3-6-11-18)17-27-26(32-24)31-19-12-7-4-8-13-19/h2-17,25,30,34H,1H2,(H,28,33)(H2,27,29,31,32). The molecule has 0 radical (unpaired) electrons. The highest BCUT2D eigenvalue weighted by Crippen LogP contribution is 2.28. The first kappa shape index (κ1) is 22.5. The smallest absolute Gasteiger partial charge is 0.247 e. The molecule has 34 heavy (non-hydrogen) atoms. The Morgan fingerprint density at radius 2 is 1.50 bits per heavy atom. The normalized spacial score (nSPS) is 11.2. The van der Waals surface area contributed by atoms with Crippen molar-refractivity contribution in [3.63, 3.8) is 0 Å². The monoisotopic (exact) mass is 452 g/mol. The van der Waals surface area contributed by atoms with E-state index in [9.17, 15) is 9.90 Å². The van der Waals surface area contributed by atoms with E-state index in [2.05, 4.69) is 37.8 Å². The van der Waals surface area contributed by atoms with Crippen molar-refractivity contribution in [3.05, 3.63) is 109 Å². The lowest BCUT2D eigenvalue weighted by Crippen LogP contribution is -2.14. The number of anilines is 6. The molecule has 1 aromatic heterocycles. The van der Waals surface area contributed by atoms with Gasteiger partial charge in [0.15, 0.2) is 6.23 Å². The zero-order valence-corrected chi connectivity index (χ0v) is 18.3. The van der Waals surface area contributed by atoms with Gasteiger partial charge in [-0.1, -0.05) is 49.0 Å².